The summed E-state index contributed by atoms with van der Waals surface area (Å²) in [5.41, 5.74) is 0. The lowest BCUT2D eigenvalue weighted by Crippen LogP contribution is -2.10. The van der Waals surface area contributed by atoms with Gasteiger partial charge in [-0.2, -0.15) is 0 Å². The molecule has 0 bridgehead atoms. The van der Waals surface area contributed by atoms with Gasteiger partial charge < -0.3 is 9.47 Å². The van der Waals surface area contributed by atoms with E-state index in [9.17, 15) is 0 Å². The Bertz CT molecular complexity index is 182. The predicted octanol–water partition coefficient (Wildman–Crippen LogP) is 5.99. The third-order valence-electron chi connectivity index (χ3n) is 3.94. The average Bonchev–Trinajstić information content (AvgIpc) is 2.49. The zero-order valence-electron chi connectivity index (χ0n) is 15.0. The zero-order valence-corrected chi connectivity index (χ0v) is 15.0. The molecule has 0 aliphatic carbocycles. The number of unbranched alkanes of at least 4 members (excludes halogenated alkanes) is 8. The van der Waals surface area contributed by atoms with Crippen molar-refractivity contribution in [1.29, 1.82) is 0 Å². The van der Waals surface area contributed by atoms with Crippen LogP contribution in [0.3, 0.4) is 0 Å². The molecule has 0 spiro atoms. The summed E-state index contributed by atoms with van der Waals surface area (Å²) in [6.07, 6.45) is 14.3. The quantitative estimate of drug-likeness (QED) is 0.307. The molecule has 0 aromatic rings. The Kier molecular flexibility index (Phi) is 17.9. The SMILES string of the molecule is CCCCCCCOCCC(C)COCCCCCCC. The van der Waals surface area contributed by atoms with Crippen molar-refractivity contribution < 1.29 is 9.47 Å². The van der Waals surface area contributed by atoms with Crippen LogP contribution in [0.1, 0.15) is 91.4 Å². The molecule has 1 unspecified atom stereocenters. The smallest absolute Gasteiger partial charge is 0.0492 e. The zero-order chi connectivity index (χ0) is 15.6. The van der Waals surface area contributed by atoms with Gasteiger partial charge in [0.1, 0.15) is 0 Å². The van der Waals surface area contributed by atoms with Crippen LogP contribution in [0.15, 0.2) is 0 Å². The lowest BCUT2D eigenvalue weighted by molar-refractivity contribution is 0.0727. The fourth-order valence-corrected chi connectivity index (χ4v) is 2.37. The molecule has 0 aliphatic rings. The average molecular weight is 301 g/mol. The largest absolute Gasteiger partial charge is 0.381 e. The summed E-state index contributed by atoms with van der Waals surface area (Å²) >= 11 is 0. The van der Waals surface area contributed by atoms with Crippen LogP contribution < -0.4 is 0 Å². The first-order valence-electron chi connectivity index (χ1n) is 9.46. The van der Waals surface area contributed by atoms with Crippen LogP contribution in [0, 0.1) is 5.92 Å². The van der Waals surface area contributed by atoms with Crippen LogP contribution >= 0.6 is 0 Å². The molecular formula is C19H40O2. The molecule has 0 aliphatic heterocycles. The van der Waals surface area contributed by atoms with Crippen molar-refractivity contribution in [2.75, 3.05) is 26.4 Å². The van der Waals surface area contributed by atoms with E-state index in [0.29, 0.717) is 5.92 Å². The normalized spacial score (nSPS) is 12.7. The highest BCUT2D eigenvalue weighted by Gasteiger charge is 2.02. The molecule has 0 heterocycles. The topological polar surface area (TPSA) is 18.5 Å². The highest BCUT2D eigenvalue weighted by molar-refractivity contribution is 4.51. The molecule has 2 heteroatoms. The summed E-state index contributed by atoms with van der Waals surface area (Å²) in [6, 6.07) is 0. The molecule has 21 heavy (non-hydrogen) atoms. The van der Waals surface area contributed by atoms with E-state index in [1.165, 1.54) is 64.2 Å². The van der Waals surface area contributed by atoms with Crippen molar-refractivity contribution in [3.63, 3.8) is 0 Å². The molecule has 0 radical (unpaired) electrons. The summed E-state index contributed by atoms with van der Waals surface area (Å²) in [4.78, 5) is 0. The van der Waals surface area contributed by atoms with E-state index in [-0.39, 0.29) is 0 Å². The molecule has 0 aromatic carbocycles. The molecule has 128 valence electrons. The van der Waals surface area contributed by atoms with Gasteiger partial charge in [-0.05, 0) is 25.2 Å². The highest BCUT2D eigenvalue weighted by Crippen LogP contribution is 2.07. The van der Waals surface area contributed by atoms with Gasteiger partial charge in [0.05, 0.1) is 0 Å². The molecular weight excluding hydrogens is 260 g/mol. The fraction of sp³-hybridized carbons (Fsp3) is 1.00. The third-order valence-corrected chi connectivity index (χ3v) is 3.94. The molecule has 2 nitrogen and oxygen atoms in total. The first kappa shape index (κ1) is 20.9. The summed E-state index contributed by atoms with van der Waals surface area (Å²) in [6.45, 7) is 10.4. The van der Waals surface area contributed by atoms with Gasteiger partial charge in [-0.15, -0.1) is 0 Å². The van der Waals surface area contributed by atoms with E-state index >= 15 is 0 Å². The Labute approximate surface area is 134 Å². The van der Waals surface area contributed by atoms with Crippen molar-refractivity contribution in [1.82, 2.24) is 0 Å². The first-order valence-corrected chi connectivity index (χ1v) is 9.46. The number of hydrogen-bond donors (Lipinski definition) is 0. The minimum atomic E-state index is 0.626. The van der Waals surface area contributed by atoms with Gasteiger partial charge in [0.15, 0.2) is 0 Å². The highest BCUT2D eigenvalue weighted by atomic mass is 16.5. The van der Waals surface area contributed by atoms with E-state index in [1.54, 1.807) is 0 Å². The van der Waals surface area contributed by atoms with Crippen LogP contribution in [0.25, 0.3) is 0 Å². The van der Waals surface area contributed by atoms with Crippen LogP contribution in [0.5, 0.6) is 0 Å². The van der Waals surface area contributed by atoms with Crippen molar-refractivity contribution in [2.45, 2.75) is 91.4 Å². The summed E-state index contributed by atoms with van der Waals surface area (Å²) in [5, 5.41) is 0. The standard InChI is InChI=1S/C19H40O2/c1-4-6-8-10-12-15-20-17-14-19(3)18-21-16-13-11-9-7-5-2/h19H,4-18H2,1-3H3. The second-order valence-electron chi connectivity index (χ2n) is 6.41. The van der Waals surface area contributed by atoms with E-state index < -0.39 is 0 Å². The van der Waals surface area contributed by atoms with Crippen molar-refractivity contribution in [3.05, 3.63) is 0 Å². The maximum atomic E-state index is 5.74. The van der Waals surface area contributed by atoms with Gasteiger partial charge >= 0.3 is 0 Å². The molecule has 0 rings (SSSR count). The first-order chi connectivity index (χ1) is 10.3. The van der Waals surface area contributed by atoms with Crippen LogP contribution in [-0.4, -0.2) is 26.4 Å². The monoisotopic (exact) mass is 300 g/mol. The van der Waals surface area contributed by atoms with Crippen LogP contribution in [-0.2, 0) is 9.47 Å². The molecule has 0 aromatic heterocycles. The Balaban J connectivity index is 3.11. The lowest BCUT2D eigenvalue weighted by Gasteiger charge is -2.12. The molecule has 0 saturated carbocycles. The fourth-order valence-electron chi connectivity index (χ4n) is 2.37. The number of rotatable bonds is 17. The minimum absolute atomic E-state index is 0.626. The van der Waals surface area contributed by atoms with Crippen molar-refractivity contribution in [2.24, 2.45) is 5.92 Å². The van der Waals surface area contributed by atoms with Gasteiger partial charge in [0, 0.05) is 26.4 Å². The summed E-state index contributed by atoms with van der Waals surface area (Å²) in [5.74, 6) is 0.626. The van der Waals surface area contributed by atoms with Gasteiger partial charge in [0.25, 0.3) is 0 Å². The van der Waals surface area contributed by atoms with E-state index in [4.69, 9.17) is 9.47 Å². The maximum Gasteiger partial charge on any atom is 0.0492 e. The van der Waals surface area contributed by atoms with Gasteiger partial charge in [0.2, 0.25) is 0 Å². The van der Waals surface area contributed by atoms with Crippen LogP contribution in [0.2, 0.25) is 0 Å². The Morgan fingerprint density at radius 1 is 0.619 bits per heavy atom. The Morgan fingerprint density at radius 2 is 1.14 bits per heavy atom. The lowest BCUT2D eigenvalue weighted by atomic mass is 10.1. The number of hydrogen-bond acceptors (Lipinski definition) is 2. The second kappa shape index (κ2) is 18.0. The van der Waals surface area contributed by atoms with Crippen molar-refractivity contribution >= 4 is 0 Å². The number of ether oxygens (including phenoxy) is 2. The molecule has 0 saturated heterocycles. The van der Waals surface area contributed by atoms with Gasteiger partial charge in [-0.1, -0.05) is 72.1 Å². The van der Waals surface area contributed by atoms with Crippen LogP contribution in [0.4, 0.5) is 0 Å². The molecule has 0 amide bonds. The molecule has 1 atom stereocenters. The summed E-state index contributed by atoms with van der Waals surface area (Å²) in [7, 11) is 0. The van der Waals surface area contributed by atoms with E-state index in [2.05, 4.69) is 20.8 Å². The van der Waals surface area contributed by atoms with Gasteiger partial charge in [-0.3, -0.25) is 0 Å². The Hall–Kier alpha value is -0.0800. The maximum absolute atomic E-state index is 5.74. The molecule has 0 fully saturated rings. The Morgan fingerprint density at radius 3 is 1.71 bits per heavy atom. The van der Waals surface area contributed by atoms with E-state index in [1.807, 2.05) is 0 Å². The third kappa shape index (κ3) is 17.9. The predicted molar refractivity (Wildman–Crippen MR) is 92.9 cm³/mol. The second-order valence-corrected chi connectivity index (χ2v) is 6.41. The molecule has 0 N–H and O–H groups in total. The minimum Gasteiger partial charge on any atom is -0.381 e. The van der Waals surface area contributed by atoms with E-state index in [0.717, 1.165) is 32.8 Å². The summed E-state index contributed by atoms with van der Waals surface area (Å²) < 4.78 is 11.4. The van der Waals surface area contributed by atoms with Gasteiger partial charge in [-0.25, -0.2) is 0 Å². The van der Waals surface area contributed by atoms with Crippen molar-refractivity contribution in [3.8, 4) is 0 Å².